The monoisotopic (exact) mass is 715 g/mol. The van der Waals surface area contributed by atoms with Crippen LogP contribution in [-0.4, -0.2) is 0 Å². The zero-order chi connectivity index (χ0) is 37.6. The normalized spacial score (nSPS) is 12.6. The number of rotatable bonds is 7. The van der Waals surface area contributed by atoms with E-state index in [1.165, 1.54) is 77.5 Å². The topological polar surface area (TPSA) is 3.24 Å². The molecule has 9 aromatic rings. The van der Waals surface area contributed by atoms with Gasteiger partial charge in [-0.15, -0.1) is 0 Å². The van der Waals surface area contributed by atoms with Crippen molar-refractivity contribution in [3.05, 3.63) is 223 Å². The molecule has 10 rings (SSSR count). The molecule has 0 unspecified atom stereocenters. The summed E-state index contributed by atoms with van der Waals surface area (Å²) in [6.07, 6.45) is 0. The average Bonchev–Trinajstić information content (AvgIpc) is 3.49. The number of fused-ring (bicyclic) bond motifs is 4. The quantitative estimate of drug-likeness (QED) is 0.159. The van der Waals surface area contributed by atoms with Gasteiger partial charge in [-0.25, -0.2) is 0 Å². The second-order valence-corrected chi connectivity index (χ2v) is 15.4. The number of benzene rings is 9. The highest BCUT2D eigenvalue weighted by Gasteiger charge is 2.35. The predicted octanol–water partition coefficient (Wildman–Crippen LogP) is 15.3. The lowest BCUT2D eigenvalue weighted by Crippen LogP contribution is -2.14. The third kappa shape index (κ3) is 5.81. The maximum absolute atomic E-state index is 2.41. The molecule has 0 heterocycles. The summed E-state index contributed by atoms with van der Waals surface area (Å²) in [5.41, 5.74) is 18.4. The van der Waals surface area contributed by atoms with Crippen LogP contribution in [-0.2, 0) is 5.41 Å². The van der Waals surface area contributed by atoms with Crippen LogP contribution in [0.1, 0.15) is 25.0 Å². The molecular weight excluding hydrogens is 675 g/mol. The Morgan fingerprint density at radius 1 is 0.304 bits per heavy atom. The van der Waals surface area contributed by atoms with E-state index in [0.29, 0.717) is 0 Å². The van der Waals surface area contributed by atoms with Crippen LogP contribution in [0.4, 0.5) is 17.1 Å². The maximum Gasteiger partial charge on any atom is 0.0467 e. The molecule has 1 aliphatic carbocycles. The zero-order valence-electron chi connectivity index (χ0n) is 31.7. The van der Waals surface area contributed by atoms with Gasteiger partial charge >= 0.3 is 0 Å². The Bertz CT molecular complexity index is 2880. The van der Waals surface area contributed by atoms with E-state index in [9.17, 15) is 0 Å². The molecule has 0 spiro atoms. The van der Waals surface area contributed by atoms with Crippen LogP contribution in [0.5, 0.6) is 0 Å². The molecule has 0 saturated carbocycles. The molecule has 0 amide bonds. The van der Waals surface area contributed by atoms with Gasteiger partial charge in [0.15, 0.2) is 0 Å². The van der Waals surface area contributed by atoms with Crippen molar-refractivity contribution in [2.75, 3.05) is 4.90 Å². The van der Waals surface area contributed by atoms with Crippen molar-refractivity contribution in [3.63, 3.8) is 0 Å². The van der Waals surface area contributed by atoms with Gasteiger partial charge in [0, 0.05) is 22.5 Å². The molecule has 0 atom stereocenters. The summed E-state index contributed by atoms with van der Waals surface area (Å²) in [4.78, 5) is 2.40. The lowest BCUT2D eigenvalue weighted by Gasteiger charge is -2.27. The molecule has 0 bridgehead atoms. The second kappa shape index (κ2) is 13.7. The van der Waals surface area contributed by atoms with Gasteiger partial charge in [-0.2, -0.15) is 0 Å². The summed E-state index contributed by atoms with van der Waals surface area (Å²) in [6.45, 7) is 4.70. The molecule has 0 aliphatic heterocycles. The molecule has 0 fully saturated rings. The minimum Gasteiger partial charge on any atom is -0.310 e. The largest absolute Gasteiger partial charge is 0.310 e. The number of hydrogen-bond acceptors (Lipinski definition) is 1. The minimum absolute atomic E-state index is 0.0437. The third-order valence-electron chi connectivity index (χ3n) is 11.7. The fraction of sp³-hybridized carbons (Fsp3) is 0.0545. The molecule has 0 N–H and O–H groups in total. The summed E-state index contributed by atoms with van der Waals surface area (Å²) < 4.78 is 0. The van der Waals surface area contributed by atoms with E-state index < -0.39 is 0 Å². The summed E-state index contributed by atoms with van der Waals surface area (Å²) in [5, 5.41) is 2.50. The maximum atomic E-state index is 2.41. The van der Waals surface area contributed by atoms with E-state index in [2.05, 4.69) is 231 Å². The van der Waals surface area contributed by atoms with Gasteiger partial charge in [0.1, 0.15) is 0 Å². The van der Waals surface area contributed by atoms with Crippen molar-refractivity contribution >= 4 is 27.8 Å². The molecule has 1 aliphatic rings. The van der Waals surface area contributed by atoms with Crippen molar-refractivity contribution < 1.29 is 0 Å². The van der Waals surface area contributed by atoms with E-state index in [1.54, 1.807) is 0 Å². The molecule has 0 aromatic heterocycles. The first kappa shape index (κ1) is 33.6. The van der Waals surface area contributed by atoms with Crippen molar-refractivity contribution in [1.82, 2.24) is 0 Å². The van der Waals surface area contributed by atoms with E-state index in [4.69, 9.17) is 0 Å². The zero-order valence-corrected chi connectivity index (χ0v) is 31.7. The van der Waals surface area contributed by atoms with Crippen molar-refractivity contribution in [1.29, 1.82) is 0 Å². The van der Waals surface area contributed by atoms with Crippen LogP contribution in [0, 0.1) is 0 Å². The summed E-state index contributed by atoms with van der Waals surface area (Å²) in [6, 6.07) is 77.6. The highest BCUT2D eigenvalue weighted by molar-refractivity contribution is 5.98. The van der Waals surface area contributed by atoms with E-state index in [0.717, 1.165) is 17.1 Å². The predicted molar refractivity (Wildman–Crippen MR) is 238 cm³/mol. The summed E-state index contributed by atoms with van der Waals surface area (Å²) in [7, 11) is 0. The van der Waals surface area contributed by atoms with Crippen LogP contribution in [0.15, 0.2) is 212 Å². The Hall–Kier alpha value is -6.96. The van der Waals surface area contributed by atoms with Crippen LogP contribution in [0.25, 0.3) is 66.4 Å². The van der Waals surface area contributed by atoms with E-state index in [1.807, 2.05) is 0 Å². The number of anilines is 3. The standard InChI is InChI=1S/C55H41N/c1-55(2)53-28-11-10-26-51(53)52-34-31-41(37-54(52)55)38-29-32-44(33-30-38)56(46-22-13-20-43(36-46)50-27-14-18-40-17-6-7-23-48(40)50)45-21-12-19-42(35-45)49-25-9-8-24-47(49)39-15-4-3-5-16-39/h3-37H,1-2H3. The fourth-order valence-electron chi connectivity index (χ4n) is 8.84. The van der Waals surface area contributed by atoms with Crippen LogP contribution in [0.3, 0.4) is 0 Å². The summed E-state index contributed by atoms with van der Waals surface area (Å²) in [5.74, 6) is 0. The van der Waals surface area contributed by atoms with Gasteiger partial charge in [0.25, 0.3) is 0 Å². The van der Waals surface area contributed by atoms with Crippen molar-refractivity contribution in [2.45, 2.75) is 19.3 Å². The SMILES string of the molecule is CC1(C)c2ccccc2-c2ccc(-c3ccc(N(c4cccc(-c5ccccc5-c5ccccc5)c4)c4cccc(-c5cccc6ccccc56)c4)cc3)cc21. The van der Waals surface area contributed by atoms with Gasteiger partial charge < -0.3 is 4.90 Å². The Labute approximate surface area is 329 Å². The highest BCUT2D eigenvalue weighted by atomic mass is 15.1. The molecular formula is C55H41N. The number of hydrogen-bond donors (Lipinski definition) is 0. The molecule has 0 saturated heterocycles. The molecule has 0 radical (unpaired) electrons. The number of nitrogens with zero attached hydrogens (tertiary/aromatic N) is 1. The fourth-order valence-corrected chi connectivity index (χ4v) is 8.84. The second-order valence-electron chi connectivity index (χ2n) is 15.4. The first-order valence-corrected chi connectivity index (χ1v) is 19.5. The first-order chi connectivity index (χ1) is 27.5. The summed E-state index contributed by atoms with van der Waals surface area (Å²) >= 11 is 0. The van der Waals surface area contributed by atoms with E-state index >= 15 is 0 Å². The Morgan fingerprint density at radius 3 is 1.57 bits per heavy atom. The molecule has 1 nitrogen and oxygen atoms in total. The van der Waals surface area contributed by atoms with E-state index in [-0.39, 0.29) is 5.41 Å². The van der Waals surface area contributed by atoms with Gasteiger partial charge in [0.05, 0.1) is 0 Å². The Balaban J connectivity index is 1.09. The van der Waals surface area contributed by atoms with Gasteiger partial charge in [0.2, 0.25) is 0 Å². The van der Waals surface area contributed by atoms with Crippen LogP contribution in [0.2, 0.25) is 0 Å². The molecule has 266 valence electrons. The lowest BCUT2D eigenvalue weighted by atomic mass is 9.81. The Morgan fingerprint density at radius 2 is 0.821 bits per heavy atom. The first-order valence-electron chi connectivity index (χ1n) is 19.5. The van der Waals surface area contributed by atoms with Crippen molar-refractivity contribution in [3.8, 4) is 55.6 Å². The van der Waals surface area contributed by atoms with Gasteiger partial charge in [-0.05, 0) is 120 Å². The average molecular weight is 716 g/mol. The van der Waals surface area contributed by atoms with Gasteiger partial charge in [-0.3, -0.25) is 0 Å². The Kier molecular flexibility index (Phi) is 8.23. The van der Waals surface area contributed by atoms with Gasteiger partial charge in [-0.1, -0.05) is 184 Å². The highest BCUT2D eigenvalue weighted by Crippen LogP contribution is 2.50. The van der Waals surface area contributed by atoms with Crippen LogP contribution >= 0.6 is 0 Å². The van der Waals surface area contributed by atoms with Crippen LogP contribution < -0.4 is 4.90 Å². The minimum atomic E-state index is -0.0437. The van der Waals surface area contributed by atoms with Crippen molar-refractivity contribution in [2.24, 2.45) is 0 Å². The lowest BCUT2D eigenvalue weighted by molar-refractivity contribution is 0.660. The third-order valence-corrected chi connectivity index (χ3v) is 11.7. The molecule has 1 heteroatoms. The smallest absolute Gasteiger partial charge is 0.0467 e. The molecule has 9 aromatic carbocycles. The molecule has 56 heavy (non-hydrogen) atoms.